The van der Waals surface area contributed by atoms with Crippen molar-refractivity contribution in [3.8, 4) is 11.5 Å². The Hall–Kier alpha value is -2.46. The van der Waals surface area contributed by atoms with Crippen molar-refractivity contribution in [2.45, 2.75) is 13.0 Å². The number of ether oxygens (including phenoxy) is 1. The molecule has 0 saturated heterocycles. The molecule has 4 heteroatoms. The number of para-hydroxylation sites is 1. The Morgan fingerprint density at radius 2 is 1.90 bits per heavy atom. The highest BCUT2D eigenvalue weighted by Gasteiger charge is 2.10. The minimum Gasteiger partial charge on any atom is -0.452 e. The van der Waals surface area contributed by atoms with Crippen LogP contribution in [0.4, 0.5) is 4.39 Å². The van der Waals surface area contributed by atoms with Gasteiger partial charge in [0.1, 0.15) is 5.52 Å². The van der Waals surface area contributed by atoms with Crippen LogP contribution in [0.15, 0.2) is 54.7 Å². The summed E-state index contributed by atoms with van der Waals surface area (Å²) in [5.41, 5.74) is 1.19. The highest BCUT2D eigenvalue weighted by molar-refractivity contribution is 5.84. The number of rotatable bonds is 3. The predicted octanol–water partition coefficient (Wildman–Crippen LogP) is 4.22. The minimum atomic E-state index is -0.715. The SMILES string of the molecule is CC(O)c1ccc(Oc2cccc3cccnc23)c(F)c1. The molecule has 3 rings (SSSR count). The molecule has 0 aliphatic carbocycles. The van der Waals surface area contributed by atoms with Gasteiger partial charge in [0.05, 0.1) is 6.10 Å². The maximum atomic E-state index is 14.0. The van der Waals surface area contributed by atoms with Crippen molar-refractivity contribution in [3.63, 3.8) is 0 Å². The van der Waals surface area contributed by atoms with Crippen LogP contribution in [0.5, 0.6) is 11.5 Å². The van der Waals surface area contributed by atoms with Crippen LogP contribution in [0.3, 0.4) is 0 Å². The molecule has 21 heavy (non-hydrogen) atoms. The van der Waals surface area contributed by atoms with Crippen LogP contribution in [0.25, 0.3) is 10.9 Å². The van der Waals surface area contributed by atoms with Crippen molar-refractivity contribution in [3.05, 3.63) is 66.1 Å². The topological polar surface area (TPSA) is 42.4 Å². The first-order valence-corrected chi connectivity index (χ1v) is 6.64. The van der Waals surface area contributed by atoms with Crippen molar-refractivity contribution in [2.24, 2.45) is 0 Å². The number of nitrogens with zero attached hydrogens (tertiary/aromatic N) is 1. The molecule has 0 aliphatic rings. The van der Waals surface area contributed by atoms with Crippen LogP contribution < -0.4 is 4.74 Å². The lowest BCUT2D eigenvalue weighted by Crippen LogP contribution is -1.95. The number of pyridine rings is 1. The summed E-state index contributed by atoms with van der Waals surface area (Å²) in [6, 6.07) is 13.7. The standard InChI is InChI=1S/C17H14FNO2/c1-11(20)13-7-8-15(14(18)10-13)21-16-6-2-4-12-5-3-9-19-17(12)16/h2-11,20H,1H3. The molecule has 0 fully saturated rings. The summed E-state index contributed by atoms with van der Waals surface area (Å²) in [5, 5.41) is 10.4. The minimum absolute atomic E-state index is 0.109. The number of benzene rings is 2. The lowest BCUT2D eigenvalue weighted by atomic mass is 10.1. The molecule has 1 heterocycles. The number of hydrogen-bond acceptors (Lipinski definition) is 3. The molecule has 0 saturated carbocycles. The monoisotopic (exact) mass is 283 g/mol. The van der Waals surface area contributed by atoms with Crippen molar-refractivity contribution in [2.75, 3.05) is 0 Å². The molecule has 0 amide bonds. The van der Waals surface area contributed by atoms with Crippen LogP contribution in [0.1, 0.15) is 18.6 Å². The summed E-state index contributed by atoms with van der Waals surface area (Å²) in [7, 11) is 0. The van der Waals surface area contributed by atoms with Crippen LogP contribution >= 0.6 is 0 Å². The molecule has 1 aromatic heterocycles. The summed E-state index contributed by atoms with van der Waals surface area (Å²) >= 11 is 0. The van der Waals surface area contributed by atoms with Gasteiger partial charge in [-0.1, -0.05) is 24.3 Å². The van der Waals surface area contributed by atoms with Gasteiger partial charge in [0.2, 0.25) is 0 Å². The highest BCUT2D eigenvalue weighted by Crippen LogP contribution is 2.30. The molecular weight excluding hydrogens is 269 g/mol. The number of fused-ring (bicyclic) bond motifs is 1. The zero-order valence-electron chi connectivity index (χ0n) is 11.5. The first kappa shape index (κ1) is 13.5. The molecule has 0 bridgehead atoms. The summed E-state index contributed by atoms with van der Waals surface area (Å²) in [4.78, 5) is 4.27. The summed E-state index contributed by atoms with van der Waals surface area (Å²) in [6.45, 7) is 1.59. The van der Waals surface area contributed by atoms with Crippen molar-refractivity contribution >= 4 is 10.9 Å². The lowest BCUT2D eigenvalue weighted by Gasteiger charge is -2.11. The van der Waals surface area contributed by atoms with Crippen LogP contribution in [0.2, 0.25) is 0 Å². The van der Waals surface area contributed by atoms with E-state index in [4.69, 9.17) is 4.74 Å². The Balaban J connectivity index is 1.99. The molecule has 0 aliphatic heterocycles. The van der Waals surface area contributed by atoms with Crippen molar-refractivity contribution < 1.29 is 14.2 Å². The van der Waals surface area contributed by atoms with Gasteiger partial charge in [-0.3, -0.25) is 4.98 Å². The van der Waals surface area contributed by atoms with E-state index in [2.05, 4.69) is 4.98 Å². The van der Waals surface area contributed by atoms with E-state index in [0.29, 0.717) is 16.8 Å². The number of hydrogen-bond donors (Lipinski definition) is 1. The Kier molecular flexibility index (Phi) is 3.54. The second kappa shape index (κ2) is 5.50. The maximum absolute atomic E-state index is 14.0. The van der Waals surface area contributed by atoms with Gasteiger partial charge < -0.3 is 9.84 Å². The van der Waals surface area contributed by atoms with Gasteiger partial charge in [0, 0.05) is 11.6 Å². The maximum Gasteiger partial charge on any atom is 0.166 e. The zero-order chi connectivity index (χ0) is 14.8. The Bertz CT molecular complexity index is 781. The Labute approximate surface area is 121 Å². The van der Waals surface area contributed by atoms with E-state index in [9.17, 15) is 9.50 Å². The summed E-state index contributed by atoms with van der Waals surface area (Å²) in [6.07, 6.45) is 0.954. The summed E-state index contributed by atoms with van der Waals surface area (Å²) in [5.74, 6) is 0.0932. The first-order valence-electron chi connectivity index (χ1n) is 6.64. The zero-order valence-corrected chi connectivity index (χ0v) is 11.5. The molecule has 0 spiro atoms. The second-order valence-electron chi connectivity index (χ2n) is 4.80. The van der Waals surface area contributed by atoms with Crippen molar-refractivity contribution in [1.82, 2.24) is 4.98 Å². The normalized spacial score (nSPS) is 12.3. The van der Waals surface area contributed by atoms with Crippen LogP contribution in [0, 0.1) is 5.82 Å². The second-order valence-corrected chi connectivity index (χ2v) is 4.80. The third kappa shape index (κ3) is 2.71. The van der Waals surface area contributed by atoms with Gasteiger partial charge in [-0.15, -0.1) is 0 Å². The number of aliphatic hydroxyl groups is 1. The third-order valence-electron chi connectivity index (χ3n) is 3.25. The van der Waals surface area contributed by atoms with E-state index in [1.54, 1.807) is 25.3 Å². The van der Waals surface area contributed by atoms with Crippen LogP contribution in [-0.4, -0.2) is 10.1 Å². The van der Waals surface area contributed by atoms with E-state index >= 15 is 0 Å². The summed E-state index contributed by atoms with van der Waals surface area (Å²) < 4.78 is 19.7. The Morgan fingerprint density at radius 1 is 1.10 bits per heavy atom. The van der Waals surface area contributed by atoms with Gasteiger partial charge in [-0.05, 0) is 36.8 Å². The molecular formula is C17H14FNO2. The average Bonchev–Trinajstić information content (AvgIpc) is 2.49. The smallest absolute Gasteiger partial charge is 0.166 e. The number of halogens is 1. The molecule has 106 valence electrons. The quantitative estimate of drug-likeness (QED) is 0.782. The van der Waals surface area contributed by atoms with E-state index in [0.717, 1.165) is 5.39 Å². The van der Waals surface area contributed by atoms with Gasteiger partial charge in [0.25, 0.3) is 0 Å². The molecule has 1 unspecified atom stereocenters. The van der Waals surface area contributed by atoms with Crippen LogP contribution in [-0.2, 0) is 0 Å². The van der Waals surface area contributed by atoms with E-state index in [1.165, 1.54) is 12.1 Å². The third-order valence-corrected chi connectivity index (χ3v) is 3.25. The van der Waals surface area contributed by atoms with E-state index in [-0.39, 0.29) is 5.75 Å². The molecule has 1 N–H and O–H groups in total. The molecule has 0 radical (unpaired) electrons. The fraction of sp³-hybridized carbons (Fsp3) is 0.118. The Morgan fingerprint density at radius 3 is 2.67 bits per heavy atom. The van der Waals surface area contributed by atoms with Gasteiger partial charge in [-0.25, -0.2) is 4.39 Å². The number of aliphatic hydroxyl groups excluding tert-OH is 1. The fourth-order valence-corrected chi connectivity index (χ4v) is 2.14. The van der Waals surface area contributed by atoms with Gasteiger partial charge in [-0.2, -0.15) is 0 Å². The molecule has 3 nitrogen and oxygen atoms in total. The van der Waals surface area contributed by atoms with Gasteiger partial charge >= 0.3 is 0 Å². The largest absolute Gasteiger partial charge is 0.452 e. The molecule has 3 aromatic rings. The highest BCUT2D eigenvalue weighted by atomic mass is 19.1. The number of aromatic nitrogens is 1. The van der Waals surface area contributed by atoms with E-state index < -0.39 is 11.9 Å². The van der Waals surface area contributed by atoms with E-state index in [1.807, 2.05) is 24.3 Å². The molecule has 1 atom stereocenters. The fourth-order valence-electron chi connectivity index (χ4n) is 2.14. The average molecular weight is 283 g/mol. The van der Waals surface area contributed by atoms with Crippen molar-refractivity contribution in [1.29, 1.82) is 0 Å². The predicted molar refractivity (Wildman–Crippen MR) is 78.9 cm³/mol. The van der Waals surface area contributed by atoms with Gasteiger partial charge in [0.15, 0.2) is 17.3 Å². The lowest BCUT2D eigenvalue weighted by molar-refractivity contribution is 0.198. The first-order chi connectivity index (χ1) is 10.1. The molecule has 2 aromatic carbocycles.